The summed E-state index contributed by atoms with van der Waals surface area (Å²) in [6, 6.07) is 13.5. The molecule has 4 saturated carbocycles. The van der Waals surface area contributed by atoms with Crippen LogP contribution in [0.2, 0.25) is 0 Å². The summed E-state index contributed by atoms with van der Waals surface area (Å²) in [5, 5.41) is 0.798. The van der Waals surface area contributed by atoms with Gasteiger partial charge in [-0.05, 0) is 86.0 Å². The molecule has 0 radical (unpaired) electrons. The van der Waals surface area contributed by atoms with E-state index in [9.17, 15) is 24.0 Å². The Morgan fingerprint density at radius 3 is 1.85 bits per heavy atom. The number of carbonyl (C=O) groups is 1. The number of para-hydroxylation sites is 2. The summed E-state index contributed by atoms with van der Waals surface area (Å²) in [5.41, 5.74) is 1.44. The number of amides is 1. The zero-order chi connectivity index (χ0) is 27.3. The van der Waals surface area contributed by atoms with Crippen LogP contribution in [0.25, 0.3) is 21.8 Å². The fraction of sp³-hybridized carbons (Fsp3) is 0.393. The Balaban J connectivity index is 0.000000179. The second kappa shape index (κ2) is 9.40. The van der Waals surface area contributed by atoms with Crippen LogP contribution in [-0.2, 0) is 4.79 Å². The summed E-state index contributed by atoms with van der Waals surface area (Å²) >= 11 is 0. The van der Waals surface area contributed by atoms with E-state index in [1.807, 2.05) is 0 Å². The van der Waals surface area contributed by atoms with Gasteiger partial charge in [-0.1, -0.05) is 24.3 Å². The number of carbonyl (C=O) groups excluding carboxylic acids is 1. The predicted molar refractivity (Wildman–Crippen MR) is 147 cm³/mol. The zero-order valence-electron chi connectivity index (χ0n) is 21.3. The van der Waals surface area contributed by atoms with Gasteiger partial charge in [0.2, 0.25) is 5.91 Å². The number of benzene rings is 2. The van der Waals surface area contributed by atoms with Gasteiger partial charge in [0.1, 0.15) is 0 Å². The lowest BCUT2D eigenvalue weighted by atomic mass is 9.49. The number of nitrogens with zero attached hydrogens (tertiary/aromatic N) is 2. The first-order valence-electron chi connectivity index (χ1n) is 13.2. The highest BCUT2D eigenvalue weighted by atomic mass is 16.2. The summed E-state index contributed by atoms with van der Waals surface area (Å²) < 4.78 is 1.38. The van der Waals surface area contributed by atoms with Gasteiger partial charge >= 0.3 is 11.4 Å². The summed E-state index contributed by atoms with van der Waals surface area (Å²) in [4.78, 5) is 65.1. The zero-order valence-corrected chi connectivity index (χ0v) is 21.3. The number of hydrogen-bond acceptors (Lipinski definition) is 6. The molecule has 2 aromatic heterocycles. The van der Waals surface area contributed by atoms with E-state index in [1.165, 1.54) is 19.3 Å². The summed E-state index contributed by atoms with van der Waals surface area (Å²) in [5.74, 6) is 7.28. The SMILES string of the molecule is Nn1c(=O)[nH]c2ccccc2c1=O.O=C(CC12CC3CC(CC(C3)C1)C2)Nn1c(=O)[nH]c2ccccc2c1=O. The average molecular weight is 531 g/mol. The van der Waals surface area contributed by atoms with Crippen molar-refractivity contribution in [2.45, 2.75) is 44.9 Å². The molecule has 4 aliphatic rings. The van der Waals surface area contributed by atoms with Crippen LogP contribution >= 0.6 is 0 Å². The average Bonchev–Trinajstić information content (AvgIpc) is 2.89. The van der Waals surface area contributed by atoms with Crippen molar-refractivity contribution in [3.8, 4) is 0 Å². The van der Waals surface area contributed by atoms with E-state index in [2.05, 4.69) is 15.4 Å². The highest BCUT2D eigenvalue weighted by molar-refractivity contribution is 5.85. The molecule has 39 heavy (non-hydrogen) atoms. The van der Waals surface area contributed by atoms with Crippen LogP contribution < -0.4 is 33.8 Å². The van der Waals surface area contributed by atoms with Crippen molar-refractivity contribution in [1.29, 1.82) is 0 Å². The maximum atomic E-state index is 12.7. The Bertz CT molecular complexity index is 1800. The van der Waals surface area contributed by atoms with Crippen molar-refractivity contribution in [3.63, 3.8) is 0 Å². The van der Waals surface area contributed by atoms with Gasteiger partial charge in [-0.25, -0.2) is 9.59 Å². The molecule has 1 amide bonds. The Kier molecular flexibility index (Phi) is 6.00. The second-order valence-corrected chi connectivity index (χ2v) is 11.4. The number of nitrogen functional groups attached to an aromatic ring is 1. The molecule has 2 heterocycles. The number of fused-ring (bicyclic) bond motifs is 2. The Morgan fingerprint density at radius 2 is 1.28 bits per heavy atom. The Morgan fingerprint density at radius 1 is 0.795 bits per heavy atom. The summed E-state index contributed by atoms with van der Waals surface area (Å²) in [6.45, 7) is 0. The molecular formula is C28H30N6O5. The van der Waals surface area contributed by atoms with Gasteiger partial charge in [0.05, 0.1) is 21.8 Å². The molecule has 2 aromatic carbocycles. The fourth-order valence-corrected chi connectivity index (χ4v) is 7.45. The molecule has 8 rings (SSSR count). The first kappa shape index (κ1) is 24.9. The number of rotatable bonds is 3. The molecule has 202 valence electrons. The summed E-state index contributed by atoms with van der Waals surface area (Å²) in [6.07, 6.45) is 7.75. The summed E-state index contributed by atoms with van der Waals surface area (Å²) in [7, 11) is 0. The molecule has 11 heteroatoms. The third-order valence-corrected chi connectivity index (χ3v) is 8.58. The molecule has 0 aliphatic heterocycles. The van der Waals surface area contributed by atoms with E-state index in [-0.39, 0.29) is 11.3 Å². The first-order chi connectivity index (χ1) is 18.7. The van der Waals surface area contributed by atoms with Crippen LogP contribution in [0.5, 0.6) is 0 Å². The van der Waals surface area contributed by atoms with Crippen LogP contribution in [0.4, 0.5) is 0 Å². The van der Waals surface area contributed by atoms with Crippen molar-refractivity contribution in [3.05, 3.63) is 90.2 Å². The minimum absolute atomic E-state index is 0.0754. The van der Waals surface area contributed by atoms with Crippen LogP contribution in [0.1, 0.15) is 44.9 Å². The fourth-order valence-electron chi connectivity index (χ4n) is 7.45. The number of hydrogen-bond donors (Lipinski definition) is 4. The monoisotopic (exact) mass is 530 g/mol. The number of H-pyrrole nitrogens is 2. The molecule has 0 atom stereocenters. The smallest absolute Gasteiger partial charge is 0.332 e. The third kappa shape index (κ3) is 4.58. The van der Waals surface area contributed by atoms with Gasteiger partial charge < -0.3 is 15.8 Å². The number of nitrogens with two attached hydrogens (primary N) is 1. The topological polar surface area (TPSA) is 165 Å². The van der Waals surface area contributed by atoms with Gasteiger partial charge in [-0.15, -0.1) is 0 Å². The molecule has 0 spiro atoms. The van der Waals surface area contributed by atoms with E-state index >= 15 is 0 Å². The minimum Gasteiger partial charge on any atom is -0.332 e. The Hall–Kier alpha value is -4.41. The van der Waals surface area contributed by atoms with E-state index < -0.39 is 22.5 Å². The quantitative estimate of drug-likeness (QED) is 0.295. The van der Waals surface area contributed by atoms with Crippen molar-refractivity contribution in [2.24, 2.45) is 23.2 Å². The highest BCUT2D eigenvalue weighted by Crippen LogP contribution is 2.61. The Labute approximate surface area is 221 Å². The van der Waals surface area contributed by atoms with Gasteiger partial charge in [0, 0.05) is 6.42 Å². The number of aromatic amines is 2. The van der Waals surface area contributed by atoms with Crippen molar-refractivity contribution >= 4 is 27.7 Å². The molecule has 5 N–H and O–H groups in total. The van der Waals surface area contributed by atoms with Gasteiger partial charge in [0.15, 0.2) is 0 Å². The minimum atomic E-state index is -0.608. The lowest BCUT2D eigenvalue weighted by Gasteiger charge is -2.56. The van der Waals surface area contributed by atoms with E-state index in [0.29, 0.717) is 32.9 Å². The van der Waals surface area contributed by atoms with Crippen LogP contribution in [0.15, 0.2) is 67.7 Å². The predicted octanol–water partition coefficient (Wildman–Crippen LogP) is 1.77. The van der Waals surface area contributed by atoms with E-state index in [4.69, 9.17) is 5.84 Å². The molecule has 4 aromatic rings. The van der Waals surface area contributed by atoms with Gasteiger partial charge in [-0.2, -0.15) is 9.35 Å². The molecule has 0 saturated heterocycles. The second-order valence-electron chi connectivity index (χ2n) is 11.4. The van der Waals surface area contributed by atoms with Crippen molar-refractivity contribution in [2.75, 3.05) is 11.3 Å². The van der Waals surface area contributed by atoms with Crippen LogP contribution in [0, 0.1) is 23.2 Å². The van der Waals surface area contributed by atoms with Gasteiger partial charge in [0.25, 0.3) is 11.1 Å². The maximum absolute atomic E-state index is 12.7. The molecule has 0 unspecified atom stereocenters. The van der Waals surface area contributed by atoms with E-state index in [0.717, 1.165) is 41.7 Å². The highest BCUT2D eigenvalue weighted by Gasteiger charge is 2.51. The lowest BCUT2D eigenvalue weighted by Crippen LogP contribution is -2.49. The van der Waals surface area contributed by atoms with E-state index in [1.54, 1.807) is 48.5 Å². The molecule has 11 nitrogen and oxygen atoms in total. The maximum Gasteiger partial charge on any atom is 0.348 e. The van der Waals surface area contributed by atoms with Crippen molar-refractivity contribution < 1.29 is 4.79 Å². The van der Waals surface area contributed by atoms with Crippen LogP contribution in [-0.4, -0.2) is 25.2 Å². The largest absolute Gasteiger partial charge is 0.348 e. The molecule has 4 bridgehead atoms. The third-order valence-electron chi connectivity index (χ3n) is 8.58. The van der Waals surface area contributed by atoms with Crippen molar-refractivity contribution in [1.82, 2.24) is 19.3 Å². The molecular weight excluding hydrogens is 500 g/mol. The number of nitrogens with one attached hydrogen (secondary N) is 3. The normalized spacial score (nSPS) is 24.9. The van der Waals surface area contributed by atoms with Crippen LogP contribution in [0.3, 0.4) is 0 Å². The first-order valence-corrected chi connectivity index (χ1v) is 13.2. The molecule has 4 fully saturated rings. The lowest BCUT2D eigenvalue weighted by molar-refractivity contribution is -0.125. The molecule has 4 aliphatic carbocycles. The standard InChI is InChI=1S/C20H23N3O3.C8H7N3O2/c24-17(11-20-8-12-5-13(9-20)7-14(6-12)10-20)22-23-18(25)15-3-1-2-4-16(15)21-19(23)26;9-11-7(12)5-3-1-2-4-6(5)10-8(11)13/h1-4,12-14H,5-11H2,(H,21,26)(H,22,24);1-4H,9H2,(H,10,13). The number of aromatic nitrogens is 4. The van der Waals surface area contributed by atoms with Gasteiger partial charge in [-0.3, -0.25) is 19.8 Å².